The highest BCUT2D eigenvalue weighted by Crippen LogP contribution is 2.48. The molecule has 0 bridgehead atoms. The van der Waals surface area contributed by atoms with Gasteiger partial charge in [-0.2, -0.15) is 0 Å². The summed E-state index contributed by atoms with van der Waals surface area (Å²) in [5.74, 6) is 0.742. The number of hydrogen-bond donors (Lipinski definition) is 3. The molecule has 0 spiro atoms. The second kappa shape index (κ2) is 9.21. The van der Waals surface area contributed by atoms with E-state index >= 15 is 0 Å². The van der Waals surface area contributed by atoms with Crippen LogP contribution in [0.3, 0.4) is 0 Å². The standard InChI is InChI=1S/C18H27BrN4O.HI/c1-17(2,15(24)20-3)11-22-16(21-4)23-12-18(8-9-18)13-6-5-7-14(19)10-13;/h5-7,10H,8-9,11-12H2,1-4H3,(H,20,24)(H2,21,22,23);1H. The van der Waals surface area contributed by atoms with Crippen LogP contribution < -0.4 is 16.0 Å². The van der Waals surface area contributed by atoms with E-state index in [0.717, 1.165) is 17.0 Å². The Kier molecular flexibility index (Phi) is 8.18. The molecule has 140 valence electrons. The predicted octanol–water partition coefficient (Wildman–Crippen LogP) is 3.04. The number of halogens is 2. The summed E-state index contributed by atoms with van der Waals surface area (Å²) in [6.07, 6.45) is 2.36. The molecule has 1 aromatic carbocycles. The van der Waals surface area contributed by atoms with Crippen LogP contribution in [-0.2, 0) is 10.2 Å². The topological polar surface area (TPSA) is 65.5 Å². The molecule has 2 rings (SSSR count). The Morgan fingerprint density at radius 3 is 2.52 bits per heavy atom. The Morgan fingerprint density at radius 1 is 1.32 bits per heavy atom. The van der Waals surface area contributed by atoms with Crippen molar-refractivity contribution in [1.82, 2.24) is 16.0 Å². The number of carbonyl (C=O) groups is 1. The van der Waals surface area contributed by atoms with E-state index < -0.39 is 5.41 Å². The summed E-state index contributed by atoms with van der Waals surface area (Å²) in [6, 6.07) is 8.51. The molecule has 0 saturated heterocycles. The minimum atomic E-state index is -0.492. The first-order valence-electron chi connectivity index (χ1n) is 8.26. The SMILES string of the molecule is CN=C(NCC(C)(C)C(=O)NC)NCC1(c2cccc(Br)c2)CC1.I. The summed E-state index contributed by atoms with van der Waals surface area (Å²) in [5, 5.41) is 9.36. The third-order valence-corrected chi connectivity index (χ3v) is 5.14. The molecule has 1 aromatic rings. The summed E-state index contributed by atoms with van der Waals surface area (Å²) >= 11 is 3.55. The van der Waals surface area contributed by atoms with Gasteiger partial charge in [-0.1, -0.05) is 28.1 Å². The second-order valence-electron chi connectivity index (χ2n) is 7.03. The van der Waals surface area contributed by atoms with Gasteiger partial charge in [-0.15, -0.1) is 24.0 Å². The van der Waals surface area contributed by atoms with Crippen LogP contribution in [0.5, 0.6) is 0 Å². The van der Waals surface area contributed by atoms with Crippen LogP contribution in [-0.4, -0.2) is 39.1 Å². The second-order valence-corrected chi connectivity index (χ2v) is 7.95. The van der Waals surface area contributed by atoms with E-state index in [9.17, 15) is 4.79 Å². The number of aliphatic imine (C=N–C) groups is 1. The fourth-order valence-electron chi connectivity index (χ4n) is 2.73. The van der Waals surface area contributed by atoms with Gasteiger partial charge in [0.25, 0.3) is 0 Å². The number of benzene rings is 1. The van der Waals surface area contributed by atoms with Crippen molar-refractivity contribution >= 4 is 51.8 Å². The molecule has 0 radical (unpaired) electrons. The van der Waals surface area contributed by atoms with Gasteiger partial charge in [0.15, 0.2) is 5.96 Å². The molecule has 3 N–H and O–H groups in total. The lowest BCUT2D eigenvalue weighted by atomic mass is 9.92. The third-order valence-electron chi connectivity index (χ3n) is 4.65. The van der Waals surface area contributed by atoms with Gasteiger partial charge >= 0.3 is 0 Å². The van der Waals surface area contributed by atoms with Crippen LogP contribution >= 0.6 is 39.9 Å². The minimum Gasteiger partial charge on any atom is -0.359 e. The van der Waals surface area contributed by atoms with Crippen molar-refractivity contribution in [2.75, 3.05) is 27.2 Å². The monoisotopic (exact) mass is 522 g/mol. The van der Waals surface area contributed by atoms with Crippen LogP contribution in [0.2, 0.25) is 0 Å². The van der Waals surface area contributed by atoms with Crippen molar-refractivity contribution in [3.05, 3.63) is 34.3 Å². The van der Waals surface area contributed by atoms with Gasteiger partial charge in [0, 0.05) is 37.1 Å². The number of guanidine groups is 1. The molecule has 0 atom stereocenters. The lowest BCUT2D eigenvalue weighted by molar-refractivity contribution is -0.128. The highest BCUT2D eigenvalue weighted by atomic mass is 127. The predicted molar refractivity (Wildman–Crippen MR) is 118 cm³/mol. The zero-order valence-corrected chi connectivity index (χ0v) is 19.2. The highest BCUT2D eigenvalue weighted by molar-refractivity contribution is 14.0. The fourth-order valence-corrected chi connectivity index (χ4v) is 3.13. The molecule has 1 aliphatic carbocycles. The quantitative estimate of drug-likeness (QED) is 0.305. The smallest absolute Gasteiger partial charge is 0.227 e. The zero-order chi connectivity index (χ0) is 17.8. The maximum atomic E-state index is 11.9. The summed E-state index contributed by atoms with van der Waals surface area (Å²) in [5.41, 5.74) is 1.05. The van der Waals surface area contributed by atoms with Gasteiger partial charge in [0.1, 0.15) is 0 Å². The summed E-state index contributed by atoms with van der Waals surface area (Å²) in [6.45, 7) is 5.19. The van der Waals surface area contributed by atoms with Crippen LogP contribution in [0.4, 0.5) is 0 Å². The van der Waals surface area contributed by atoms with Crippen molar-refractivity contribution < 1.29 is 4.79 Å². The number of nitrogens with one attached hydrogen (secondary N) is 3. The Labute approximate surface area is 176 Å². The van der Waals surface area contributed by atoms with Crippen molar-refractivity contribution in [2.45, 2.75) is 32.1 Å². The average Bonchev–Trinajstić information content (AvgIpc) is 3.35. The van der Waals surface area contributed by atoms with Crippen LogP contribution in [0.25, 0.3) is 0 Å². The van der Waals surface area contributed by atoms with Crippen LogP contribution in [0.1, 0.15) is 32.3 Å². The van der Waals surface area contributed by atoms with Gasteiger partial charge in [-0.25, -0.2) is 0 Å². The van der Waals surface area contributed by atoms with Crippen molar-refractivity contribution in [3.63, 3.8) is 0 Å². The maximum absolute atomic E-state index is 11.9. The van der Waals surface area contributed by atoms with Gasteiger partial charge in [-0.05, 0) is 44.4 Å². The highest BCUT2D eigenvalue weighted by Gasteiger charge is 2.44. The lowest BCUT2D eigenvalue weighted by Gasteiger charge is -2.25. The van der Waals surface area contributed by atoms with E-state index in [1.165, 1.54) is 18.4 Å². The number of hydrogen-bond acceptors (Lipinski definition) is 2. The van der Waals surface area contributed by atoms with E-state index in [2.05, 4.69) is 55.1 Å². The molecule has 0 aliphatic heterocycles. The molecule has 7 heteroatoms. The average molecular weight is 523 g/mol. The molecular formula is C18H28BrIN4O. The summed E-state index contributed by atoms with van der Waals surface area (Å²) in [4.78, 5) is 16.1. The number of rotatable bonds is 6. The molecule has 1 amide bonds. The Hall–Kier alpha value is -0.830. The lowest BCUT2D eigenvalue weighted by Crippen LogP contribution is -2.48. The first-order chi connectivity index (χ1) is 11.3. The Bertz CT molecular complexity index is 629. The molecule has 25 heavy (non-hydrogen) atoms. The molecular weight excluding hydrogens is 495 g/mol. The number of carbonyl (C=O) groups excluding carboxylic acids is 1. The van der Waals surface area contributed by atoms with Gasteiger partial charge in [0.2, 0.25) is 5.91 Å². The van der Waals surface area contributed by atoms with E-state index in [4.69, 9.17) is 0 Å². The van der Waals surface area contributed by atoms with Crippen LogP contribution in [0.15, 0.2) is 33.7 Å². The largest absolute Gasteiger partial charge is 0.359 e. The summed E-state index contributed by atoms with van der Waals surface area (Å²) < 4.78 is 1.11. The third kappa shape index (κ3) is 5.84. The molecule has 1 saturated carbocycles. The molecule has 0 heterocycles. The van der Waals surface area contributed by atoms with E-state index in [-0.39, 0.29) is 35.3 Å². The normalized spacial score (nSPS) is 15.8. The fraction of sp³-hybridized carbons (Fsp3) is 0.556. The van der Waals surface area contributed by atoms with Crippen molar-refractivity contribution in [2.24, 2.45) is 10.4 Å². The van der Waals surface area contributed by atoms with E-state index in [0.29, 0.717) is 6.54 Å². The van der Waals surface area contributed by atoms with E-state index in [1.807, 2.05) is 19.9 Å². The molecule has 1 fully saturated rings. The first-order valence-corrected chi connectivity index (χ1v) is 9.05. The zero-order valence-electron chi connectivity index (χ0n) is 15.3. The van der Waals surface area contributed by atoms with E-state index in [1.54, 1.807) is 14.1 Å². The Balaban J connectivity index is 0.00000312. The van der Waals surface area contributed by atoms with Gasteiger partial charge in [-0.3, -0.25) is 9.79 Å². The Morgan fingerprint density at radius 2 is 2.00 bits per heavy atom. The van der Waals surface area contributed by atoms with Crippen molar-refractivity contribution in [1.29, 1.82) is 0 Å². The van der Waals surface area contributed by atoms with Crippen LogP contribution in [0, 0.1) is 5.41 Å². The number of nitrogens with zero attached hydrogens (tertiary/aromatic N) is 1. The molecule has 0 unspecified atom stereocenters. The molecule has 0 aromatic heterocycles. The minimum absolute atomic E-state index is 0. The van der Waals surface area contributed by atoms with Crippen molar-refractivity contribution in [3.8, 4) is 0 Å². The molecule has 5 nitrogen and oxygen atoms in total. The molecule has 1 aliphatic rings. The first kappa shape index (κ1) is 22.2. The van der Waals surface area contributed by atoms with Gasteiger partial charge in [0.05, 0.1) is 5.41 Å². The summed E-state index contributed by atoms with van der Waals surface area (Å²) in [7, 11) is 3.41. The van der Waals surface area contributed by atoms with Gasteiger partial charge < -0.3 is 16.0 Å². The maximum Gasteiger partial charge on any atom is 0.227 e. The number of amides is 1.